The van der Waals surface area contributed by atoms with E-state index in [9.17, 15) is 0 Å². The van der Waals surface area contributed by atoms with Crippen LogP contribution in [-0.4, -0.2) is 57.4 Å². The zero-order valence-electron chi connectivity index (χ0n) is 19.6. The third-order valence-corrected chi connectivity index (χ3v) is 6.94. The van der Waals surface area contributed by atoms with Crippen molar-refractivity contribution < 1.29 is 14.2 Å². The molecule has 1 fully saturated rings. The number of nitrogens with zero attached hydrogens (tertiary/aromatic N) is 6. The van der Waals surface area contributed by atoms with Crippen molar-refractivity contribution in [3.8, 4) is 23.3 Å². The summed E-state index contributed by atoms with van der Waals surface area (Å²) in [5, 5.41) is 18.0. The summed E-state index contributed by atoms with van der Waals surface area (Å²) in [7, 11) is 3.26. The number of benzene rings is 1. The molecule has 0 bridgehead atoms. The van der Waals surface area contributed by atoms with Gasteiger partial charge in [-0.15, -0.1) is 10.2 Å². The first kappa shape index (κ1) is 23.8. The van der Waals surface area contributed by atoms with E-state index in [0.717, 1.165) is 17.9 Å². The van der Waals surface area contributed by atoms with Crippen LogP contribution in [0, 0.1) is 11.3 Å². The number of ether oxygens (including phenoxy) is 3. The monoisotopic (exact) mass is 481 g/mol. The van der Waals surface area contributed by atoms with Gasteiger partial charge < -0.3 is 14.2 Å². The Morgan fingerprint density at radius 2 is 1.88 bits per heavy atom. The molecule has 0 amide bonds. The zero-order chi connectivity index (χ0) is 24.1. The van der Waals surface area contributed by atoms with Gasteiger partial charge in [0.25, 0.3) is 0 Å². The van der Waals surface area contributed by atoms with E-state index in [1.165, 1.54) is 11.9 Å². The minimum Gasteiger partial charge on any atom is -0.494 e. The average Bonchev–Trinajstić information content (AvgIpc) is 3.56. The van der Waals surface area contributed by atoms with Gasteiger partial charge in [-0.25, -0.2) is 9.97 Å². The lowest BCUT2D eigenvalue weighted by atomic mass is 10.1. The van der Waals surface area contributed by atoms with Crippen molar-refractivity contribution in [3.63, 3.8) is 0 Å². The average molecular weight is 482 g/mol. The van der Waals surface area contributed by atoms with Crippen LogP contribution < -0.4 is 14.2 Å². The summed E-state index contributed by atoms with van der Waals surface area (Å²) >= 11 is 1.50. The molecule has 178 valence electrons. The second-order valence-corrected chi connectivity index (χ2v) is 9.13. The maximum absolute atomic E-state index is 8.98. The second kappa shape index (κ2) is 10.7. The summed E-state index contributed by atoms with van der Waals surface area (Å²) in [4.78, 5) is 8.68. The third kappa shape index (κ3) is 4.78. The molecule has 4 rings (SSSR count). The first-order chi connectivity index (χ1) is 16.6. The van der Waals surface area contributed by atoms with Gasteiger partial charge in [-0.2, -0.15) is 5.26 Å². The Bertz CT molecular complexity index is 1130. The maximum Gasteiger partial charge on any atom is 0.239 e. The van der Waals surface area contributed by atoms with Crippen molar-refractivity contribution in [2.75, 3.05) is 32.2 Å². The van der Waals surface area contributed by atoms with Gasteiger partial charge >= 0.3 is 0 Å². The molecule has 0 aliphatic carbocycles. The van der Waals surface area contributed by atoms with Gasteiger partial charge in [0.1, 0.15) is 34.9 Å². The van der Waals surface area contributed by atoms with Crippen LogP contribution in [-0.2, 0) is 4.74 Å². The Morgan fingerprint density at radius 1 is 1.18 bits per heavy atom. The van der Waals surface area contributed by atoms with Gasteiger partial charge in [-0.05, 0) is 30.5 Å². The van der Waals surface area contributed by atoms with E-state index in [4.69, 9.17) is 19.5 Å². The van der Waals surface area contributed by atoms with E-state index < -0.39 is 0 Å². The summed E-state index contributed by atoms with van der Waals surface area (Å²) in [6.07, 6.45) is 3.96. The Hall–Kier alpha value is -3.36. The maximum atomic E-state index is 8.98. The summed E-state index contributed by atoms with van der Waals surface area (Å²) in [5.74, 6) is 3.49. The molecule has 3 aromatic rings. The second-order valence-electron chi connectivity index (χ2n) is 7.94. The third-order valence-electron chi connectivity index (χ3n) is 5.86. The molecule has 3 heterocycles. The van der Waals surface area contributed by atoms with Gasteiger partial charge in [0.15, 0.2) is 0 Å². The van der Waals surface area contributed by atoms with E-state index in [-0.39, 0.29) is 17.1 Å². The first-order valence-electron chi connectivity index (χ1n) is 11.0. The van der Waals surface area contributed by atoms with Gasteiger partial charge in [0, 0.05) is 36.1 Å². The zero-order valence-corrected chi connectivity index (χ0v) is 20.4. The molecule has 1 aliphatic rings. The molecule has 2 aromatic heterocycles. The Kier molecular flexibility index (Phi) is 7.49. The minimum atomic E-state index is 0.0325. The highest BCUT2D eigenvalue weighted by molar-refractivity contribution is 8.01. The summed E-state index contributed by atoms with van der Waals surface area (Å²) in [5.41, 5.74) is 1.18. The van der Waals surface area contributed by atoms with Crippen molar-refractivity contribution in [2.24, 2.45) is 0 Å². The van der Waals surface area contributed by atoms with Gasteiger partial charge in [-0.3, -0.25) is 9.29 Å². The smallest absolute Gasteiger partial charge is 0.239 e. The van der Waals surface area contributed by atoms with Crippen LogP contribution in [0.3, 0.4) is 0 Å². The van der Waals surface area contributed by atoms with E-state index in [0.29, 0.717) is 42.0 Å². The molecule has 3 atom stereocenters. The molecule has 0 spiro atoms. The fourth-order valence-electron chi connectivity index (χ4n) is 3.73. The topological polar surface area (TPSA) is 120 Å². The molecule has 1 saturated heterocycles. The van der Waals surface area contributed by atoms with Crippen LogP contribution in [0.4, 0.5) is 5.95 Å². The van der Waals surface area contributed by atoms with Gasteiger partial charge in [0.05, 0.1) is 26.4 Å². The molecule has 1 aromatic carbocycles. The largest absolute Gasteiger partial charge is 0.494 e. The predicted molar refractivity (Wildman–Crippen MR) is 128 cm³/mol. The quantitative estimate of drug-likeness (QED) is 0.453. The number of hydrogen-bond acceptors (Lipinski definition) is 10. The van der Waals surface area contributed by atoms with E-state index in [1.807, 2.05) is 28.8 Å². The molecule has 11 heteroatoms. The van der Waals surface area contributed by atoms with Crippen LogP contribution in [0.2, 0.25) is 0 Å². The molecule has 1 N–H and O–H groups in total. The van der Waals surface area contributed by atoms with Crippen LogP contribution in [0.25, 0.3) is 5.69 Å². The molecule has 10 nitrogen and oxygen atoms in total. The van der Waals surface area contributed by atoms with E-state index >= 15 is 0 Å². The molecule has 3 unspecified atom stereocenters. The highest BCUT2D eigenvalue weighted by Gasteiger charge is 2.29. The number of nitriles is 1. The highest BCUT2D eigenvalue weighted by atomic mass is 32.2. The fraction of sp³-hybridized carbons (Fsp3) is 0.435. The van der Waals surface area contributed by atoms with Crippen molar-refractivity contribution in [1.82, 2.24) is 24.7 Å². The van der Waals surface area contributed by atoms with Crippen LogP contribution in [0.15, 0.2) is 30.6 Å². The number of nitrogens with one attached hydrogen (secondary N) is 1. The molecular weight excluding hydrogens is 454 g/mol. The summed E-state index contributed by atoms with van der Waals surface area (Å²) < 4.78 is 22.3. The van der Waals surface area contributed by atoms with E-state index in [2.05, 4.69) is 38.7 Å². The SMILES string of the molecule is COc1cccc(OC)c1-n1c(NSC(C)C(C)c2ncc(C#N)cn2)nnc1C1CCOC1. The molecule has 0 radical (unpaired) electrons. The Balaban J connectivity index is 1.63. The summed E-state index contributed by atoms with van der Waals surface area (Å²) in [6.45, 7) is 5.42. The van der Waals surface area contributed by atoms with Crippen molar-refractivity contribution in [3.05, 3.63) is 47.8 Å². The number of para-hydroxylation sites is 1. The number of methoxy groups -OCH3 is 2. The number of aromatic nitrogens is 5. The molecular formula is C23H27N7O3S. The number of anilines is 1. The standard InChI is InChI=1S/C23H27N7O3S/c1-14(21-25-11-16(10-24)12-26-21)15(2)34-29-23-28-27-22(17-8-9-33-13-17)30(23)20-18(31-3)6-5-7-19(20)32-4/h5-7,11-12,14-15,17H,8-9,13H2,1-4H3,(H,28,29). The molecule has 1 aliphatic heterocycles. The lowest BCUT2D eigenvalue weighted by Gasteiger charge is -2.21. The van der Waals surface area contributed by atoms with Crippen LogP contribution >= 0.6 is 11.9 Å². The normalized spacial score (nSPS) is 17.1. The molecule has 0 saturated carbocycles. The van der Waals surface area contributed by atoms with Gasteiger partial charge in [0.2, 0.25) is 5.95 Å². The first-order valence-corrected chi connectivity index (χ1v) is 11.8. The Morgan fingerprint density at radius 3 is 2.47 bits per heavy atom. The summed E-state index contributed by atoms with van der Waals surface area (Å²) in [6, 6.07) is 7.70. The minimum absolute atomic E-state index is 0.0325. The van der Waals surface area contributed by atoms with Crippen molar-refractivity contribution in [1.29, 1.82) is 5.26 Å². The number of rotatable bonds is 9. The van der Waals surface area contributed by atoms with Gasteiger partial charge in [-0.1, -0.05) is 19.9 Å². The van der Waals surface area contributed by atoms with Crippen molar-refractivity contribution >= 4 is 17.9 Å². The Labute approximate surface area is 202 Å². The lowest BCUT2D eigenvalue weighted by Crippen LogP contribution is -2.16. The molecule has 34 heavy (non-hydrogen) atoms. The van der Waals surface area contributed by atoms with Crippen LogP contribution in [0.1, 0.15) is 49.3 Å². The lowest BCUT2D eigenvalue weighted by molar-refractivity contribution is 0.193. The van der Waals surface area contributed by atoms with E-state index in [1.54, 1.807) is 26.6 Å². The van der Waals surface area contributed by atoms with Crippen LogP contribution in [0.5, 0.6) is 11.5 Å². The number of hydrogen-bond donors (Lipinski definition) is 1. The fourth-order valence-corrected chi connectivity index (χ4v) is 4.48. The highest BCUT2D eigenvalue weighted by Crippen LogP contribution is 2.39. The predicted octanol–water partition coefficient (Wildman–Crippen LogP) is 3.70. The van der Waals surface area contributed by atoms with Crippen molar-refractivity contribution in [2.45, 2.75) is 37.4 Å².